The standard InChI is InChI=1S/C29H34ClN3O2/c1-28(2,33-19-25(20-33)32-18-21-17-24(30)13-14-26(21)34)15-16-29(27(31)35,22-9-5-3-6-10-22)23-11-7-4-8-12-23/h3-14,17,25,32,34H,15-16,18-20H2,1-2H3,(H2,31,35). The van der Waals surface area contributed by atoms with Gasteiger partial charge in [-0.05, 0) is 56.0 Å². The van der Waals surface area contributed by atoms with Crippen molar-refractivity contribution in [3.05, 3.63) is 101 Å². The van der Waals surface area contributed by atoms with E-state index in [9.17, 15) is 9.90 Å². The molecular formula is C29H34ClN3O2. The highest BCUT2D eigenvalue weighted by atomic mass is 35.5. The lowest BCUT2D eigenvalue weighted by molar-refractivity contribution is -0.122. The number of nitrogens with one attached hydrogen (secondary N) is 1. The summed E-state index contributed by atoms with van der Waals surface area (Å²) in [6.45, 7) is 6.82. The van der Waals surface area contributed by atoms with Crippen molar-refractivity contribution in [1.29, 1.82) is 0 Å². The third-order valence-corrected chi connectivity index (χ3v) is 7.66. The average Bonchev–Trinajstić information content (AvgIpc) is 2.81. The molecule has 0 aromatic heterocycles. The molecule has 0 spiro atoms. The summed E-state index contributed by atoms with van der Waals surface area (Å²) in [5, 5.41) is 14.2. The number of likely N-dealkylation sites (tertiary alicyclic amines) is 1. The Labute approximate surface area is 212 Å². The largest absolute Gasteiger partial charge is 0.508 e. The van der Waals surface area contributed by atoms with E-state index in [4.69, 9.17) is 17.3 Å². The maximum absolute atomic E-state index is 13.1. The van der Waals surface area contributed by atoms with Crippen molar-refractivity contribution in [1.82, 2.24) is 10.2 Å². The zero-order valence-electron chi connectivity index (χ0n) is 20.4. The van der Waals surface area contributed by atoms with Gasteiger partial charge in [-0.15, -0.1) is 0 Å². The van der Waals surface area contributed by atoms with Crippen molar-refractivity contribution < 1.29 is 9.90 Å². The lowest BCUT2D eigenvalue weighted by Gasteiger charge is -2.50. The van der Waals surface area contributed by atoms with Crippen molar-refractivity contribution in [3.63, 3.8) is 0 Å². The van der Waals surface area contributed by atoms with Gasteiger partial charge in [-0.25, -0.2) is 0 Å². The molecule has 5 nitrogen and oxygen atoms in total. The van der Waals surface area contributed by atoms with E-state index in [1.165, 1.54) is 0 Å². The molecule has 1 aliphatic heterocycles. The lowest BCUT2D eigenvalue weighted by atomic mass is 9.69. The molecule has 0 aliphatic carbocycles. The van der Waals surface area contributed by atoms with Crippen LogP contribution in [-0.2, 0) is 16.8 Å². The van der Waals surface area contributed by atoms with Gasteiger partial charge < -0.3 is 16.2 Å². The molecule has 0 saturated carbocycles. The van der Waals surface area contributed by atoms with Gasteiger partial charge in [-0.1, -0.05) is 72.3 Å². The normalized spacial score (nSPS) is 15.1. The molecule has 0 atom stereocenters. The molecule has 4 rings (SSSR count). The molecule has 1 amide bonds. The van der Waals surface area contributed by atoms with Crippen LogP contribution in [0.4, 0.5) is 0 Å². The summed E-state index contributed by atoms with van der Waals surface area (Å²) in [7, 11) is 0. The number of halogens is 1. The van der Waals surface area contributed by atoms with Crippen LogP contribution >= 0.6 is 11.6 Å². The molecule has 0 bridgehead atoms. The summed E-state index contributed by atoms with van der Waals surface area (Å²) >= 11 is 6.07. The van der Waals surface area contributed by atoms with Crippen molar-refractivity contribution >= 4 is 17.5 Å². The van der Waals surface area contributed by atoms with Gasteiger partial charge in [0, 0.05) is 41.8 Å². The molecule has 1 saturated heterocycles. The number of hydrogen-bond donors (Lipinski definition) is 3. The predicted octanol–water partition coefficient (Wildman–Crippen LogP) is 4.85. The lowest BCUT2D eigenvalue weighted by Crippen LogP contribution is -2.64. The van der Waals surface area contributed by atoms with Crippen LogP contribution in [0, 0.1) is 0 Å². The number of benzene rings is 3. The quantitative estimate of drug-likeness (QED) is 0.379. The molecule has 184 valence electrons. The van der Waals surface area contributed by atoms with E-state index >= 15 is 0 Å². The first kappa shape index (κ1) is 25.2. The topological polar surface area (TPSA) is 78.6 Å². The van der Waals surface area contributed by atoms with Gasteiger partial charge in [0.05, 0.1) is 5.41 Å². The molecule has 6 heteroatoms. The third-order valence-electron chi connectivity index (χ3n) is 7.43. The van der Waals surface area contributed by atoms with Crippen LogP contribution in [0.3, 0.4) is 0 Å². The summed E-state index contributed by atoms with van der Waals surface area (Å²) in [6, 6.07) is 25.2. The summed E-state index contributed by atoms with van der Waals surface area (Å²) in [5.41, 5.74) is 7.80. The molecule has 3 aromatic carbocycles. The number of primary amides is 1. The molecule has 4 N–H and O–H groups in total. The summed E-state index contributed by atoms with van der Waals surface area (Å²) in [4.78, 5) is 15.5. The number of rotatable bonds is 10. The number of phenols is 1. The maximum Gasteiger partial charge on any atom is 0.232 e. The minimum Gasteiger partial charge on any atom is -0.508 e. The minimum absolute atomic E-state index is 0.110. The van der Waals surface area contributed by atoms with Crippen LogP contribution in [0.1, 0.15) is 43.4 Å². The van der Waals surface area contributed by atoms with E-state index in [1.54, 1.807) is 18.2 Å². The van der Waals surface area contributed by atoms with Gasteiger partial charge in [0.15, 0.2) is 0 Å². The van der Waals surface area contributed by atoms with Crippen molar-refractivity contribution in [2.24, 2.45) is 5.73 Å². The Bertz CT molecular complexity index is 1110. The highest BCUT2D eigenvalue weighted by Gasteiger charge is 2.44. The van der Waals surface area contributed by atoms with E-state index in [2.05, 4.69) is 24.1 Å². The Balaban J connectivity index is 1.44. The predicted molar refractivity (Wildman–Crippen MR) is 141 cm³/mol. The average molecular weight is 492 g/mol. The fourth-order valence-electron chi connectivity index (χ4n) is 5.01. The van der Waals surface area contributed by atoms with Crippen LogP contribution in [0.25, 0.3) is 0 Å². The Morgan fingerprint density at radius 3 is 2.11 bits per heavy atom. The fourth-order valence-corrected chi connectivity index (χ4v) is 5.21. The van der Waals surface area contributed by atoms with Crippen molar-refractivity contribution in [2.75, 3.05) is 13.1 Å². The minimum atomic E-state index is -0.883. The first-order valence-corrected chi connectivity index (χ1v) is 12.5. The van der Waals surface area contributed by atoms with E-state index in [1.807, 2.05) is 60.7 Å². The van der Waals surface area contributed by atoms with Crippen molar-refractivity contribution in [3.8, 4) is 5.75 Å². The number of carbonyl (C=O) groups excluding carboxylic acids is 1. The smallest absolute Gasteiger partial charge is 0.232 e. The van der Waals surface area contributed by atoms with Crippen LogP contribution in [0.2, 0.25) is 5.02 Å². The molecule has 0 radical (unpaired) electrons. The number of hydrogen-bond acceptors (Lipinski definition) is 4. The molecule has 3 aromatic rings. The number of aromatic hydroxyl groups is 1. The van der Waals surface area contributed by atoms with Crippen LogP contribution < -0.4 is 11.1 Å². The molecular weight excluding hydrogens is 458 g/mol. The van der Waals surface area contributed by atoms with Gasteiger partial charge in [-0.2, -0.15) is 0 Å². The summed E-state index contributed by atoms with van der Waals surface area (Å²) < 4.78 is 0. The number of nitrogens with zero attached hydrogens (tertiary/aromatic N) is 1. The van der Waals surface area contributed by atoms with E-state index in [0.717, 1.165) is 36.2 Å². The number of phenolic OH excluding ortho intramolecular Hbond substituents is 1. The highest BCUT2D eigenvalue weighted by molar-refractivity contribution is 6.30. The fraction of sp³-hybridized carbons (Fsp3) is 0.345. The first-order chi connectivity index (χ1) is 16.7. The van der Waals surface area contributed by atoms with E-state index in [0.29, 0.717) is 24.0 Å². The summed E-state index contributed by atoms with van der Waals surface area (Å²) in [5.74, 6) is -0.0711. The Morgan fingerprint density at radius 2 is 1.57 bits per heavy atom. The van der Waals surface area contributed by atoms with Gasteiger partial charge >= 0.3 is 0 Å². The number of carbonyl (C=O) groups is 1. The Morgan fingerprint density at radius 1 is 1.00 bits per heavy atom. The van der Waals surface area contributed by atoms with Gasteiger partial charge in [0.2, 0.25) is 5.91 Å². The van der Waals surface area contributed by atoms with Crippen molar-refractivity contribution in [2.45, 2.75) is 50.2 Å². The zero-order valence-corrected chi connectivity index (χ0v) is 21.1. The van der Waals surface area contributed by atoms with Gasteiger partial charge in [0.25, 0.3) is 0 Å². The third kappa shape index (κ3) is 5.37. The second-order valence-electron chi connectivity index (χ2n) is 10.1. The zero-order chi connectivity index (χ0) is 25.1. The van der Waals surface area contributed by atoms with E-state index in [-0.39, 0.29) is 17.2 Å². The molecule has 1 fully saturated rings. The van der Waals surface area contributed by atoms with Crippen LogP contribution in [0.5, 0.6) is 5.75 Å². The molecule has 1 aliphatic rings. The van der Waals surface area contributed by atoms with Gasteiger partial charge in [0.1, 0.15) is 5.75 Å². The first-order valence-electron chi connectivity index (χ1n) is 12.1. The SMILES string of the molecule is CC(C)(CCC(C(N)=O)(c1ccccc1)c1ccccc1)N1CC(NCc2cc(Cl)ccc2O)C1. The molecule has 1 heterocycles. The second kappa shape index (κ2) is 10.4. The second-order valence-corrected chi connectivity index (χ2v) is 10.5. The number of amides is 1. The Hall–Kier alpha value is -2.86. The Kier molecular flexibility index (Phi) is 7.50. The number of nitrogens with two attached hydrogens (primary N) is 1. The summed E-state index contributed by atoms with van der Waals surface area (Å²) in [6.07, 6.45) is 1.43. The monoisotopic (exact) mass is 491 g/mol. The van der Waals surface area contributed by atoms with Crippen LogP contribution in [0.15, 0.2) is 78.9 Å². The molecule has 0 unspecified atom stereocenters. The molecule has 35 heavy (non-hydrogen) atoms. The van der Waals surface area contributed by atoms with E-state index < -0.39 is 5.41 Å². The highest BCUT2D eigenvalue weighted by Crippen LogP contribution is 2.40. The van der Waals surface area contributed by atoms with Crippen LogP contribution in [-0.4, -0.2) is 40.6 Å². The maximum atomic E-state index is 13.1. The van der Waals surface area contributed by atoms with Gasteiger partial charge in [-0.3, -0.25) is 9.69 Å².